The van der Waals surface area contributed by atoms with Crippen LogP contribution in [0.4, 0.5) is 5.69 Å². The van der Waals surface area contributed by atoms with E-state index in [2.05, 4.69) is 5.32 Å². The minimum absolute atomic E-state index is 0.278. The first-order valence-corrected chi connectivity index (χ1v) is 7.90. The van der Waals surface area contributed by atoms with Gasteiger partial charge in [0.1, 0.15) is 5.75 Å². The molecule has 2 amide bonds. The quantitative estimate of drug-likeness (QED) is 0.751. The highest BCUT2D eigenvalue weighted by atomic mass is 16.5. The van der Waals surface area contributed by atoms with Crippen LogP contribution >= 0.6 is 0 Å². The van der Waals surface area contributed by atoms with Gasteiger partial charge in [0.05, 0.1) is 0 Å². The number of ether oxygens (including phenoxy) is 1. The van der Waals surface area contributed by atoms with E-state index in [4.69, 9.17) is 10.5 Å². The van der Waals surface area contributed by atoms with Crippen LogP contribution < -0.4 is 15.8 Å². The lowest BCUT2D eigenvalue weighted by atomic mass is 10.1. The number of carbonyl (C=O) groups is 2. The first kappa shape index (κ1) is 16.5. The normalized spacial score (nSPS) is 11.7. The number of hydrogen-bond donors (Lipinski definition) is 2. The van der Waals surface area contributed by atoms with Crippen LogP contribution in [0.15, 0.2) is 66.7 Å². The summed E-state index contributed by atoms with van der Waals surface area (Å²) in [6.45, 7) is 1.69. The molecule has 3 N–H and O–H groups in total. The van der Waals surface area contributed by atoms with Crippen molar-refractivity contribution in [3.8, 4) is 5.75 Å². The van der Waals surface area contributed by atoms with Crippen LogP contribution in [0.3, 0.4) is 0 Å². The molecule has 0 spiro atoms. The fourth-order valence-electron chi connectivity index (χ4n) is 2.50. The molecule has 0 saturated carbocycles. The lowest BCUT2D eigenvalue weighted by Gasteiger charge is -2.16. The molecule has 0 aliphatic rings. The Morgan fingerprint density at radius 3 is 2.36 bits per heavy atom. The van der Waals surface area contributed by atoms with Gasteiger partial charge >= 0.3 is 0 Å². The molecule has 5 heteroatoms. The highest BCUT2D eigenvalue weighted by Gasteiger charge is 2.16. The summed E-state index contributed by atoms with van der Waals surface area (Å²) in [6, 6.07) is 19.9. The zero-order valence-corrected chi connectivity index (χ0v) is 13.7. The maximum Gasteiger partial charge on any atom is 0.265 e. The van der Waals surface area contributed by atoms with E-state index in [1.807, 2.05) is 42.5 Å². The number of fused-ring (bicyclic) bond motifs is 1. The number of amides is 2. The van der Waals surface area contributed by atoms with Gasteiger partial charge in [-0.1, -0.05) is 36.4 Å². The molecule has 1 atom stereocenters. The van der Waals surface area contributed by atoms with Crippen LogP contribution in [0, 0.1) is 0 Å². The Hall–Kier alpha value is -3.34. The molecule has 0 aliphatic carbocycles. The van der Waals surface area contributed by atoms with Gasteiger partial charge in [-0.05, 0) is 42.6 Å². The Balaban J connectivity index is 1.71. The highest BCUT2D eigenvalue weighted by molar-refractivity contribution is 5.96. The van der Waals surface area contributed by atoms with Gasteiger partial charge in [0.2, 0.25) is 5.91 Å². The van der Waals surface area contributed by atoms with Crippen molar-refractivity contribution < 1.29 is 14.3 Å². The number of anilines is 1. The van der Waals surface area contributed by atoms with E-state index >= 15 is 0 Å². The summed E-state index contributed by atoms with van der Waals surface area (Å²) in [7, 11) is 0. The molecule has 0 heterocycles. The second-order valence-electron chi connectivity index (χ2n) is 5.67. The molecule has 3 aromatic carbocycles. The van der Waals surface area contributed by atoms with Crippen LogP contribution in [-0.4, -0.2) is 17.9 Å². The minimum atomic E-state index is -0.679. The topological polar surface area (TPSA) is 81.4 Å². The zero-order valence-electron chi connectivity index (χ0n) is 13.7. The number of benzene rings is 3. The SMILES string of the molecule is C[C@H](Oc1cccc2ccccc12)C(=O)Nc1ccc(C(N)=O)cc1. The summed E-state index contributed by atoms with van der Waals surface area (Å²) in [5.74, 6) is -0.130. The van der Waals surface area contributed by atoms with Crippen molar-refractivity contribution in [2.24, 2.45) is 5.73 Å². The first-order chi connectivity index (χ1) is 12.0. The number of nitrogens with one attached hydrogen (secondary N) is 1. The molecule has 3 rings (SSSR count). The van der Waals surface area contributed by atoms with Crippen molar-refractivity contribution in [2.45, 2.75) is 13.0 Å². The van der Waals surface area contributed by atoms with Crippen LogP contribution in [0.1, 0.15) is 17.3 Å². The Kier molecular flexibility index (Phi) is 4.66. The summed E-state index contributed by atoms with van der Waals surface area (Å²) in [5, 5.41) is 4.76. The second-order valence-corrected chi connectivity index (χ2v) is 5.67. The summed E-state index contributed by atoms with van der Waals surface area (Å²) in [4.78, 5) is 23.4. The van der Waals surface area contributed by atoms with Crippen LogP contribution in [0.25, 0.3) is 10.8 Å². The van der Waals surface area contributed by atoms with Crippen molar-refractivity contribution in [3.63, 3.8) is 0 Å². The first-order valence-electron chi connectivity index (χ1n) is 7.90. The van der Waals surface area contributed by atoms with E-state index in [9.17, 15) is 9.59 Å². The molecule has 25 heavy (non-hydrogen) atoms. The molecule has 0 saturated heterocycles. The number of nitrogens with two attached hydrogens (primary N) is 1. The van der Waals surface area contributed by atoms with Gasteiger partial charge < -0.3 is 15.8 Å². The smallest absolute Gasteiger partial charge is 0.265 e. The van der Waals surface area contributed by atoms with E-state index < -0.39 is 12.0 Å². The molecule has 3 aromatic rings. The number of hydrogen-bond acceptors (Lipinski definition) is 3. The van der Waals surface area contributed by atoms with Crippen molar-refractivity contribution in [2.75, 3.05) is 5.32 Å². The Morgan fingerprint density at radius 2 is 1.64 bits per heavy atom. The fraction of sp³-hybridized carbons (Fsp3) is 0.100. The molecular weight excluding hydrogens is 316 g/mol. The van der Waals surface area contributed by atoms with Crippen molar-refractivity contribution in [3.05, 3.63) is 72.3 Å². The van der Waals surface area contributed by atoms with E-state index in [1.54, 1.807) is 31.2 Å². The van der Waals surface area contributed by atoms with E-state index in [0.29, 0.717) is 17.0 Å². The van der Waals surface area contributed by atoms with Crippen LogP contribution in [0.5, 0.6) is 5.75 Å². The summed E-state index contributed by atoms with van der Waals surface area (Å²) >= 11 is 0. The average molecular weight is 334 g/mol. The monoisotopic (exact) mass is 334 g/mol. The Bertz CT molecular complexity index is 914. The van der Waals surface area contributed by atoms with Gasteiger partial charge in [0.15, 0.2) is 6.10 Å². The van der Waals surface area contributed by atoms with Crippen LogP contribution in [-0.2, 0) is 4.79 Å². The van der Waals surface area contributed by atoms with Gasteiger partial charge in [-0.25, -0.2) is 0 Å². The molecular formula is C20H18N2O3. The van der Waals surface area contributed by atoms with E-state index in [-0.39, 0.29) is 5.91 Å². The van der Waals surface area contributed by atoms with E-state index in [0.717, 1.165) is 10.8 Å². The summed E-state index contributed by atoms with van der Waals surface area (Å²) < 4.78 is 5.84. The average Bonchev–Trinajstić information content (AvgIpc) is 2.62. The van der Waals surface area contributed by atoms with Crippen molar-refractivity contribution in [1.82, 2.24) is 0 Å². The fourth-order valence-corrected chi connectivity index (χ4v) is 2.50. The van der Waals surface area contributed by atoms with Gasteiger partial charge in [0, 0.05) is 16.6 Å². The van der Waals surface area contributed by atoms with Crippen molar-refractivity contribution >= 4 is 28.3 Å². The standard InChI is InChI=1S/C20H18N2O3/c1-13(20(24)22-16-11-9-15(10-12-16)19(21)23)25-18-8-4-6-14-5-2-3-7-17(14)18/h2-13H,1H3,(H2,21,23)(H,22,24)/t13-/m0/s1. The highest BCUT2D eigenvalue weighted by Crippen LogP contribution is 2.26. The number of carbonyl (C=O) groups excluding carboxylic acids is 2. The predicted octanol–water partition coefficient (Wildman–Crippen LogP) is 3.34. The van der Waals surface area contributed by atoms with Gasteiger partial charge in [0.25, 0.3) is 5.91 Å². The third-order valence-electron chi connectivity index (χ3n) is 3.86. The second kappa shape index (κ2) is 7.05. The van der Waals surface area contributed by atoms with Gasteiger partial charge in [-0.2, -0.15) is 0 Å². The Labute approximate surface area is 145 Å². The van der Waals surface area contributed by atoms with Gasteiger partial charge in [-0.15, -0.1) is 0 Å². The third kappa shape index (κ3) is 3.77. The lowest BCUT2D eigenvalue weighted by Crippen LogP contribution is -2.30. The summed E-state index contributed by atoms with van der Waals surface area (Å²) in [5.41, 5.74) is 6.16. The third-order valence-corrected chi connectivity index (χ3v) is 3.86. The van der Waals surface area contributed by atoms with Gasteiger partial charge in [-0.3, -0.25) is 9.59 Å². The molecule has 0 bridgehead atoms. The lowest BCUT2D eigenvalue weighted by molar-refractivity contribution is -0.122. The summed E-state index contributed by atoms with van der Waals surface area (Å²) in [6.07, 6.45) is -0.679. The zero-order chi connectivity index (χ0) is 17.8. The molecule has 0 radical (unpaired) electrons. The molecule has 0 unspecified atom stereocenters. The minimum Gasteiger partial charge on any atom is -0.480 e. The maximum absolute atomic E-state index is 12.3. The maximum atomic E-state index is 12.3. The molecule has 0 fully saturated rings. The van der Waals surface area contributed by atoms with Crippen molar-refractivity contribution in [1.29, 1.82) is 0 Å². The molecule has 126 valence electrons. The van der Waals surface area contributed by atoms with E-state index in [1.165, 1.54) is 0 Å². The predicted molar refractivity (Wildman–Crippen MR) is 97.6 cm³/mol. The molecule has 0 aromatic heterocycles. The largest absolute Gasteiger partial charge is 0.480 e. The Morgan fingerprint density at radius 1 is 0.960 bits per heavy atom. The number of primary amides is 1. The molecule has 5 nitrogen and oxygen atoms in total. The number of rotatable bonds is 5. The molecule has 0 aliphatic heterocycles. The van der Waals surface area contributed by atoms with Crippen LogP contribution in [0.2, 0.25) is 0 Å².